The number of aromatic hydroxyl groups is 3. The molecular weight excluding hydrogens is 1410 g/mol. The molecule has 21 N–H and O–H groups in total. The van der Waals surface area contributed by atoms with Crippen LogP contribution in [0.5, 0.6) is 46.0 Å². The van der Waals surface area contributed by atoms with Crippen molar-refractivity contribution in [2.24, 2.45) is 17.4 Å². The number of phenolic OH excluding ortho intramolecular Hbond substituents is 3. The van der Waals surface area contributed by atoms with Gasteiger partial charge in [0.2, 0.25) is 53.4 Å². The molecule has 0 aromatic heterocycles. The first-order valence-electron chi connectivity index (χ1n) is 31.6. The van der Waals surface area contributed by atoms with E-state index in [1.165, 1.54) is 33.0 Å². The fourth-order valence-corrected chi connectivity index (χ4v) is 12.9. The Morgan fingerprint density at radius 3 is 1.86 bits per heavy atom. The molecule has 7 aliphatic heterocycles. The van der Waals surface area contributed by atoms with Crippen LogP contribution in [0.2, 0.25) is 10.0 Å². The van der Waals surface area contributed by atoms with E-state index in [1.54, 1.807) is 0 Å². The number of amides is 7. The molecule has 0 saturated carbocycles. The van der Waals surface area contributed by atoms with Crippen molar-refractivity contribution in [1.82, 2.24) is 37.2 Å². The van der Waals surface area contributed by atoms with Gasteiger partial charge >= 0.3 is 5.97 Å². The maximum atomic E-state index is 16.0. The van der Waals surface area contributed by atoms with Crippen molar-refractivity contribution in [3.8, 4) is 57.1 Å². The zero-order valence-electron chi connectivity index (χ0n) is 54.3. The van der Waals surface area contributed by atoms with Crippen LogP contribution >= 0.6 is 23.2 Å². The third-order valence-electron chi connectivity index (χ3n) is 17.8. The predicted molar refractivity (Wildman–Crippen MR) is 369 cm³/mol. The van der Waals surface area contributed by atoms with E-state index in [0.29, 0.717) is 0 Å². The number of fused-ring (bicyclic) bond motifs is 15. The number of carboxylic acid groups (broad SMARTS) is 1. The van der Waals surface area contributed by atoms with E-state index < -0.39 is 237 Å². The molecule has 7 aliphatic rings. The van der Waals surface area contributed by atoms with E-state index in [4.69, 9.17) is 63.1 Å². The molecule has 11 bridgehead atoms. The molecule has 5 aromatic carbocycles. The van der Waals surface area contributed by atoms with Crippen LogP contribution < -0.4 is 62.9 Å². The van der Waals surface area contributed by atoms with Gasteiger partial charge < -0.3 is 128 Å². The van der Waals surface area contributed by atoms with Gasteiger partial charge in [0.1, 0.15) is 89.5 Å². The second-order valence-electron chi connectivity index (χ2n) is 25.7. The summed E-state index contributed by atoms with van der Waals surface area (Å²) in [5, 5.41) is 131. The Balaban J connectivity index is 0.00000504. The summed E-state index contributed by atoms with van der Waals surface area (Å²) < 4.78 is 38.3. The average Bonchev–Trinajstić information content (AvgIpc) is 0.770. The number of likely N-dealkylation sites (N-methyl/N-ethyl adjacent to an activating group) is 1. The Bertz CT molecular complexity index is 4080. The lowest BCUT2D eigenvalue weighted by molar-refractivity contribution is -0.333. The van der Waals surface area contributed by atoms with Gasteiger partial charge in [-0.05, 0) is 110 Å². The molecule has 0 aliphatic carbocycles. The number of carboxylic acids is 1. The normalized spacial score (nSPS) is 28.6. The second-order valence-corrected chi connectivity index (χ2v) is 26.5. The topological polar surface area (TPSA) is 530 Å². The molecule has 18 atom stereocenters. The molecule has 0 spiro atoms. The van der Waals surface area contributed by atoms with E-state index in [-0.39, 0.29) is 68.5 Å². The number of hydrogen-bond acceptors (Lipinski definition) is 25. The number of halogens is 2. The number of rotatable bonds is 13. The van der Waals surface area contributed by atoms with Gasteiger partial charge in [-0.25, -0.2) is 4.79 Å². The lowest BCUT2D eigenvalue weighted by Gasteiger charge is -2.47. The van der Waals surface area contributed by atoms with Crippen LogP contribution in [-0.2, 0) is 52.6 Å². The Labute approximate surface area is 606 Å². The Hall–Kier alpha value is -9.20. The van der Waals surface area contributed by atoms with Gasteiger partial charge in [0, 0.05) is 34.7 Å². The molecule has 2 fully saturated rings. The summed E-state index contributed by atoms with van der Waals surface area (Å²) in [6.07, 6.45) is -18.6. The minimum Gasteiger partial charge on any atom is -0.508 e. The van der Waals surface area contributed by atoms with Crippen molar-refractivity contribution in [2.45, 2.75) is 178 Å². The molecular formula is C69H87Cl2N9O24. The lowest BCUT2D eigenvalue weighted by Crippen LogP contribution is -2.64. The first kappa shape index (κ1) is 82.1. The first-order chi connectivity index (χ1) is 47.7. The maximum Gasteiger partial charge on any atom is 0.330 e. The third-order valence-corrected chi connectivity index (χ3v) is 18.4. The molecule has 0 radical (unpaired) electrons. The lowest BCUT2D eigenvalue weighted by atomic mass is 9.86. The Morgan fingerprint density at radius 2 is 1.29 bits per heavy atom. The molecule has 7 heterocycles. The van der Waals surface area contributed by atoms with Crippen LogP contribution in [0.1, 0.15) is 127 Å². The largest absolute Gasteiger partial charge is 0.508 e. The molecule has 9 unspecified atom stereocenters. The number of aliphatic carboxylic acids is 1. The fourth-order valence-electron chi connectivity index (χ4n) is 12.5. The van der Waals surface area contributed by atoms with E-state index in [2.05, 4.69) is 37.2 Å². The summed E-state index contributed by atoms with van der Waals surface area (Å²) in [7, 11) is 1.47. The maximum absolute atomic E-state index is 16.0. The average molecular weight is 1500 g/mol. The minimum absolute atomic E-state index is 0. The summed E-state index contributed by atoms with van der Waals surface area (Å²) in [6, 6.07) is -0.679. The van der Waals surface area contributed by atoms with Gasteiger partial charge in [-0.15, -0.1) is 0 Å². The van der Waals surface area contributed by atoms with Gasteiger partial charge in [0.05, 0.1) is 41.3 Å². The minimum atomic E-state index is -2.35. The number of primary amides is 1. The van der Waals surface area contributed by atoms with Gasteiger partial charge in [0.25, 0.3) is 0 Å². The number of nitrogens with one attached hydrogen (secondary N) is 7. The fraction of sp³-hybridized carbons (Fsp3) is 0.449. The van der Waals surface area contributed by atoms with Crippen LogP contribution in [-0.4, -0.2) is 191 Å². The number of phenols is 3. The summed E-state index contributed by atoms with van der Waals surface area (Å²) in [5.74, 6) is -16.0. The number of aliphatic hydroxyl groups excluding tert-OH is 6. The van der Waals surface area contributed by atoms with Crippen LogP contribution in [0.25, 0.3) is 11.1 Å². The van der Waals surface area contributed by atoms with Crippen molar-refractivity contribution >= 4 is 70.5 Å². The zero-order chi connectivity index (χ0) is 73.5. The monoisotopic (exact) mass is 1500 g/mol. The summed E-state index contributed by atoms with van der Waals surface area (Å²) in [4.78, 5) is 117. The molecule has 566 valence electrons. The van der Waals surface area contributed by atoms with Gasteiger partial charge in [-0.3, -0.25) is 33.6 Å². The van der Waals surface area contributed by atoms with Crippen molar-refractivity contribution in [3.63, 3.8) is 0 Å². The number of carbonyl (C=O) groups is 8. The number of ether oxygens (including phenoxy) is 6. The predicted octanol–water partition coefficient (Wildman–Crippen LogP) is 2.01. The number of benzene rings is 5. The number of nitrogens with two attached hydrogens (primary N) is 2. The molecule has 33 nitrogen and oxygen atoms in total. The quantitative estimate of drug-likeness (QED) is 0.0801. The third kappa shape index (κ3) is 17.3. The van der Waals surface area contributed by atoms with Gasteiger partial charge in [0.15, 0.2) is 29.9 Å². The van der Waals surface area contributed by atoms with Crippen molar-refractivity contribution < 1.29 is 118 Å². The second kappa shape index (κ2) is 33.3. The van der Waals surface area contributed by atoms with Crippen LogP contribution in [0.15, 0.2) is 78.9 Å². The number of carbonyl (C=O) groups excluding carboxylic acids is 7. The Morgan fingerprint density at radius 1 is 0.702 bits per heavy atom. The zero-order valence-corrected chi connectivity index (χ0v) is 55.8. The smallest absolute Gasteiger partial charge is 0.330 e. The molecule has 7 amide bonds. The Kier molecular flexibility index (Phi) is 26.3. The molecule has 35 heteroatoms. The van der Waals surface area contributed by atoms with Crippen molar-refractivity contribution in [1.29, 1.82) is 0 Å². The molecule has 104 heavy (non-hydrogen) atoms. The molecule has 5 aromatic rings. The van der Waals surface area contributed by atoms with E-state index >= 15 is 14.4 Å². The summed E-state index contributed by atoms with van der Waals surface area (Å²) in [5.41, 5.74) is 8.00. The summed E-state index contributed by atoms with van der Waals surface area (Å²) in [6.45, 7) is 5.66. The highest BCUT2D eigenvalue weighted by molar-refractivity contribution is 6.32. The number of aliphatic hydroxyl groups is 6. The highest BCUT2D eigenvalue weighted by atomic mass is 35.5. The van der Waals surface area contributed by atoms with Crippen LogP contribution in [0.3, 0.4) is 0 Å². The van der Waals surface area contributed by atoms with Crippen LogP contribution in [0, 0.1) is 5.92 Å². The van der Waals surface area contributed by atoms with Gasteiger partial charge in [-0.1, -0.05) is 77.5 Å². The summed E-state index contributed by atoms with van der Waals surface area (Å²) >= 11 is 14.1. The standard InChI is InChI=1S/C66H75Cl2N9O24.3CH4/c1-23(2)12-34(71-5)58(88)76-49-51(83)26-7-10-38(32(67)14-26)97-40-16-28-17-41(55(40)101-65-56(54(86)53(85)42(22-78)99-65)100-44-21-66(4,70)57(87)24(3)96-44)98-39-11-8-27(15-33(39)68)52(84)50-63(93)75-48(64(94)95)31-18-29(79)19-37(81)45(31)30-13-25(6-9-36(30)80)46(60(90)77-50)74-61(91)47(28)73-59(89)35(20-43(69)82)72-62(49)92;;;/h6-11,13-19,23-24,34-35,42,44,46-54,56-57,65,71,78-81,83-87H,12,20-22,70H2,1-5H3,(H2,69,82)(H,72,92)(H,73,89)(H,74,91)(H,75,93)(H,76,88)(H,77,90)(H,94,95);3*1H4/t24?,34-,35+,42?,44?,46-,47-,48+,49-,50+,51-,52-,53?,54?,56?,57?,65?,66?;;;/m1.../s1. The molecule has 12 rings (SSSR count). The van der Waals surface area contributed by atoms with Crippen molar-refractivity contribution in [2.75, 3.05) is 13.7 Å². The SMILES string of the molecule is C.C.C.CN[C@H](CC(C)C)C(=O)N[C@H]1C(=O)N[C@@H](CC(N)=O)C(=O)N[C@H]2C(=O)N[C@H]3C(=O)N[C@H](C(=O)N[C@H](C(=O)O)c4cc(O)cc(O)c4-c4cc3ccc4O)[C@H](O)c3ccc(c(Cl)c3)Oc3cc2cc(c3OC2OC(CO)C(O)C(O)C2OC2CC(C)(N)C(O)C(C)O2)Oc2ccc(cc2Cl)[C@H]1O. The van der Waals surface area contributed by atoms with Crippen molar-refractivity contribution in [3.05, 3.63) is 117 Å². The van der Waals surface area contributed by atoms with E-state index in [9.17, 15) is 75.0 Å². The first-order valence-corrected chi connectivity index (χ1v) is 32.4. The highest BCUT2D eigenvalue weighted by Crippen LogP contribution is 2.50. The van der Waals surface area contributed by atoms with E-state index in [1.807, 2.05) is 13.8 Å². The van der Waals surface area contributed by atoms with E-state index in [0.717, 1.165) is 66.7 Å². The van der Waals surface area contributed by atoms with Gasteiger partial charge in [-0.2, -0.15) is 0 Å². The van der Waals surface area contributed by atoms with Crippen LogP contribution in [0.4, 0.5) is 0 Å². The number of hydrogen-bond donors (Lipinski definition) is 19. The molecule has 2 saturated heterocycles. The highest BCUT2D eigenvalue weighted by Gasteiger charge is 2.51.